The first-order valence-corrected chi connectivity index (χ1v) is 4.26. The quantitative estimate of drug-likeness (QED) is 0.537. The second-order valence-electron chi connectivity index (χ2n) is 2.24. The van der Waals surface area contributed by atoms with Crippen molar-refractivity contribution in [3.63, 3.8) is 0 Å². The minimum absolute atomic E-state index is 0.164. The van der Waals surface area contributed by atoms with Crippen molar-refractivity contribution >= 4 is 17.7 Å². The fourth-order valence-corrected chi connectivity index (χ4v) is 2.02. The van der Waals surface area contributed by atoms with Gasteiger partial charge in [0.25, 0.3) is 0 Å². The van der Waals surface area contributed by atoms with Gasteiger partial charge in [-0.05, 0) is 6.92 Å². The monoisotopic (exact) mass is 158 g/mol. The number of hydrogen-bond acceptors (Lipinski definition) is 3. The van der Waals surface area contributed by atoms with Gasteiger partial charge in [-0.1, -0.05) is 5.57 Å². The second-order valence-corrected chi connectivity index (χ2v) is 3.23. The van der Waals surface area contributed by atoms with Crippen LogP contribution in [0.2, 0.25) is 0 Å². The summed E-state index contributed by atoms with van der Waals surface area (Å²) in [6, 6.07) is 0. The molecule has 0 unspecified atom stereocenters. The summed E-state index contributed by atoms with van der Waals surface area (Å²) in [4.78, 5) is 10.9. The molecule has 0 bridgehead atoms. The zero-order valence-corrected chi connectivity index (χ0v) is 6.96. The summed E-state index contributed by atoms with van der Waals surface area (Å²) < 4.78 is 4.59. The van der Waals surface area contributed by atoms with E-state index in [4.69, 9.17) is 0 Å². The first-order chi connectivity index (χ1) is 4.75. The summed E-state index contributed by atoms with van der Waals surface area (Å²) in [5.74, 6) is 1.63. The van der Waals surface area contributed by atoms with E-state index < -0.39 is 0 Å². The Morgan fingerprint density at radius 3 is 2.70 bits per heavy atom. The van der Waals surface area contributed by atoms with E-state index in [0.717, 1.165) is 22.7 Å². The van der Waals surface area contributed by atoms with Gasteiger partial charge in [-0.2, -0.15) is 11.8 Å². The van der Waals surface area contributed by atoms with Gasteiger partial charge < -0.3 is 4.74 Å². The van der Waals surface area contributed by atoms with Crippen LogP contribution in [-0.4, -0.2) is 24.6 Å². The molecule has 0 aromatic heterocycles. The fraction of sp³-hybridized carbons (Fsp3) is 0.571. The number of ether oxygens (including phenoxy) is 1. The van der Waals surface area contributed by atoms with Crippen LogP contribution in [0.3, 0.4) is 0 Å². The maximum absolute atomic E-state index is 10.9. The van der Waals surface area contributed by atoms with Gasteiger partial charge in [-0.15, -0.1) is 0 Å². The van der Waals surface area contributed by atoms with E-state index in [9.17, 15) is 4.79 Å². The smallest absolute Gasteiger partial charge is 0.334 e. The SMILES string of the molecule is COC(=O)C1=C(C)CSC1. The maximum Gasteiger partial charge on any atom is 0.334 e. The Balaban J connectivity index is 2.71. The molecule has 0 atom stereocenters. The lowest BCUT2D eigenvalue weighted by atomic mass is 10.2. The largest absolute Gasteiger partial charge is 0.466 e. The third-order valence-corrected chi connectivity index (χ3v) is 2.64. The minimum atomic E-state index is -0.164. The molecule has 0 fully saturated rings. The molecular weight excluding hydrogens is 148 g/mol. The molecule has 10 heavy (non-hydrogen) atoms. The third-order valence-electron chi connectivity index (χ3n) is 1.51. The molecule has 0 saturated carbocycles. The molecule has 0 aromatic carbocycles. The predicted octanol–water partition coefficient (Wildman–Crippen LogP) is 1.22. The summed E-state index contributed by atoms with van der Waals surface area (Å²) in [6.07, 6.45) is 0. The normalized spacial score (nSPS) is 17.8. The van der Waals surface area contributed by atoms with E-state index in [2.05, 4.69) is 4.74 Å². The molecule has 0 amide bonds. The molecule has 3 heteroatoms. The first-order valence-electron chi connectivity index (χ1n) is 3.10. The molecule has 1 rings (SSSR count). The highest BCUT2D eigenvalue weighted by Crippen LogP contribution is 2.24. The van der Waals surface area contributed by atoms with Crippen molar-refractivity contribution in [2.75, 3.05) is 18.6 Å². The Kier molecular flexibility index (Phi) is 2.38. The summed E-state index contributed by atoms with van der Waals surface area (Å²) in [5.41, 5.74) is 2.02. The Morgan fingerprint density at radius 2 is 2.30 bits per heavy atom. The summed E-state index contributed by atoms with van der Waals surface area (Å²) in [7, 11) is 1.42. The van der Waals surface area contributed by atoms with Gasteiger partial charge in [0.15, 0.2) is 0 Å². The Labute approximate surface area is 64.6 Å². The molecule has 1 aliphatic rings. The van der Waals surface area contributed by atoms with Crippen LogP contribution >= 0.6 is 11.8 Å². The molecule has 0 aromatic rings. The summed E-state index contributed by atoms with van der Waals surface area (Å²) >= 11 is 1.76. The van der Waals surface area contributed by atoms with Crippen molar-refractivity contribution in [3.05, 3.63) is 11.1 Å². The Hall–Kier alpha value is -0.440. The molecular formula is C7H10O2S. The van der Waals surface area contributed by atoms with Gasteiger partial charge in [0.2, 0.25) is 0 Å². The lowest BCUT2D eigenvalue weighted by molar-refractivity contribution is -0.136. The van der Waals surface area contributed by atoms with Gasteiger partial charge in [-0.25, -0.2) is 4.79 Å². The number of rotatable bonds is 1. The lowest BCUT2D eigenvalue weighted by Gasteiger charge is -1.98. The van der Waals surface area contributed by atoms with Crippen molar-refractivity contribution < 1.29 is 9.53 Å². The molecule has 1 aliphatic heterocycles. The minimum Gasteiger partial charge on any atom is -0.466 e. The van der Waals surface area contributed by atoms with Crippen LogP contribution in [0.15, 0.2) is 11.1 Å². The van der Waals surface area contributed by atoms with Gasteiger partial charge in [0, 0.05) is 17.1 Å². The molecule has 2 nitrogen and oxygen atoms in total. The van der Waals surface area contributed by atoms with Crippen LogP contribution in [0.5, 0.6) is 0 Å². The number of methoxy groups -OCH3 is 1. The van der Waals surface area contributed by atoms with Crippen molar-refractivity contribution in [1.29, 1.82) is 0 Å². The van der Waals surface area contributed by atoms with E-state index in [1.165, 1.54) is 7.11 Å². The molecule has 56 valence electrons. The highest BCUT2D eigenvalue weighted by molar-refractivity contribution is 7.99. The highest BCUT2D eigenvalue weighted by atomic mass is 32.2. The third kappa shape index (κ3) is 1.34. The average Bonchev–Trinajstić information content (AvgIpc) is 2.34. The molecule has 1 heterocycles. The van der Waals surface area contributed by atoms with E-state index in [0.29, 0.717) is 0 Å². The second kappa shape index (κ2) is 3.10. The van der Waals surface area contributed by atoms with E-state index >= 15 is 0 Å². The van der Waals surface area contributed by atoms with Crippen LogP contribution in [0.1, 0.15) is 6.92 Å². The van der Waals surface area contributed by atoms with E-state index in [1.807, 2.05) is 6.92 Å². The average molecular weight is 158 g/mol. The number of thioether (sulfide) groups is 1. The highest BCUT2D eigenvalue weighted by Gasteiger charge is 2.18. The lowest BCUT2D eigenvalue weighted by Crippen LogP contribution is -2.05. The van der Waals surface area contributed by atoms with Crippen LogP contribution in [-0.2, 0) is 9.53 Å². The molecule has 0 aliphatic carbocycles. The number of esters is 1. The van der Waals surface area contributed by atoms with Crippen LogP contribution in [0.25, 0.3) is 0 Å². The maximum atomic E-state index is 10.9. The van der Waals surface area contributed by atoms with Crippen LogP contribution < -0.4 is 0 Å². The van der Waals surface area contributed by atoms with Crippen molar-refractivity contribution in [2.24, 2.45) is 0 Å². The Morgan fingerprint density at radius 1 is 1.60 bits per heavy atom. The number of carbonyl (C=O) groups is 1. The van der Waals surface area contributed by atoms with Crippen LogP contribution in [0.4, 0.5) is 0 Å². The number of carbonyl (C=O) groups excluding carboxylic acids is 1. The summed E-state index contributed by atoms with van der Waals surface area (Å²) in [5, 5.41) is 0. The molecule has 0 saturated heterocycles. The van der Waals surface area contributed by atoms with Crippen molar-refractivity contribution in [3.8, 4) is 0 Å². The topological polar surface area (TPSA) is 26.3 Å². The standard InChI is InChI=1S/C7H10O2S/c1-5-3-10-4-6(5)7(8)9-2/h3-4H2,1-2H3. The zero-order valence-electron chi connectivity index (χ0n) is 6.14. The Bertz CT molecular complexity index is 184. The van der Waals surface area contributed by atoms with E-state index in [1.54, 1.807) is 11.8 Å². The van der Waals surface area contributed by atoms with Crippen LogP contribution in [0, 0.1) is 0 Å². The van der Waals surface area contributed by atoms with Gasteiger partial charge in [0.1, 0.15) is 0 Å². The van der Waals surface area contributed by atoms with E-state index in [-0.39, 0.29) is 5.97 Å². The first kappa shape index (κ1) is 7.66. The van der Waals surface area contributed by atoms with Gasteiger partial charge >= 0.3 is 5.97 Å². The van der Waals surface area contributed by atoms with Gasteiger partial charge in [0.05, 0.1) is 7.11 Å². The zero-order chi connectivity index (χ0) is 7.56. The number of hydrogen-bond donors (Lipinski definition) is 0. The van der Waals surface area contributed by atoms with Gasteiger partial charge in [-0.3, -0.25) is 0 Å². The fourth-order valence-electron chi connectivity index (χ4n) is 0.873. The summed E-state index contributed by atoms with van der Waals surface area (Å²) in [6.45, 7) is 1.98. The molecule has 0 radical (unpaired) electrons. The van der Waals surface area contributed by atoms with Crippen molar-refractivity contribution in [2.45, 2.75) is 6.92 Å². The predicted molar refractivity (Wildman–Crippen MR) is 42.0 cm³/mol. The molecule has 0 N–H and O–H groups in total. The molecule has 0 spiro atoms. The van der Waals surface area contributed by atoms with Crippen molar-refractivity contribution in [1.82, 2.24) is 0 Å².